The number of aromatic amines is 1. The van der Waals surface area contributed by atoms with Crippen molar-refractivity contribution in [3.8, 4) is 0 Å². The summed E-state index contributed by atoms with van der Waals surface area (Å²) in [6, 6.07) is 11.1. The van der Waals surface area contributed by atoms with Crippen molar-refractivity contribution >= 4 is 17.8 Å². The number of nitrogens with one attached hydrogen (secondary N) is 1. The van der Waals surface area contributed by atoms with E-state index in [0.717, 1.165) is 11.1 Å². The van der Waals surface area contributed by atoms with Crippen LogP contribution in [0.15, 0.2) is 48.7 Å². The predicted octanol–water partition coefficient (Wildman–Crippen LogP) is 2.76. The third-order valence-corrected chi connectivity index (χ3v) is 2.73. The zero-order valence-electron chi connectivity index (χ0n) is 11.1. The second-order valence-corrected chi connectivity index (χ2v) is 4.36. The third kappa shape index (κ3) is 3.95. The minimum absolute atomic E-state index is 0.257. The summed E-state index contributed by atoms with van der Waals surface area (Å²) in [5.41, 5.74) is 2.49. The van der Waals surface area contributed by atoms with E-state index in [0.29, 0.717) is 5.69 Å². The van der Waals surface area contributed by atoms with E-state index in [2.05, 4.69) is 4.98 Å². The number of rotatable bonds is 5. The summed E-state index contributed by atoms with van der Waals surface area (Å²) in [5, 5.41) is 0. The largest absolute Gasteiger partial charge is 0.454 e. The van der Waals surface area contributed by atoms with Gasteiger partial charge in [0.25, 0.3) is 0 Å². The molecule has 0 fully saturated rings. The summed E-state index contributed by atoms with van der Waals surface area (Å²) in [7, 11) is 0. The molecule has 20 heavy (non-hydrogen) atoms. The predicted molar refractivity (Wildman–Crippen MR) is 76.3 cm³/mol. The number of H-pyrrole nitrogens is 1. The van der Waals surface area contributed by atoms with Crippen LogP contribution in [0.4, 0.5) is 0 Å². The highest BCUT2D eigenvalue weighted by Gasteiger charge is 2.08. The summed E-state index contributed by atoms with van der Waals surface area (Å²) >= 11 is 0. The molecular formula is C16H15NO3. The lowest BCUT2D eigenvalue weighted by molar-refractivity contribution is -0.136. The van der Waals surface area contributed by atoms with Gasteiger partial charge in [-0.1, -0.05) is 29.8 Å². The SMILES string of the molecule is Cc1ccc(/C=C/C(=O)OCC(=O)c2ccc[nH]2)cc1. The lowest BCUT2D eigenvalue weighted by Crippen LogP contribution is -2.12. The molecule has 0 aliphatic rings. The molecule has 0 bridgehead atoms. The summed E-state index contributed by atoms with van der Waals surface area (Å²) in [5.74, 6) is -0.794. The summed E-state index contributed by atoms with van der Waals surface area (Å²) in [4.78, 5) is 25.8. The van der Waals surface area contributed by atoms with Gasteiger partial charge < -0.3 is 9.72 Å². The Morgan fingerprint density at radius 1 is 1.20 bits per heavy atom. The van der Waals surface area contributed by atoms with Gasteiger partial charge in [0.1, 0.15) is 0 Å². The van der Waals surface area contributed by atoms with Gasteiger partial charge in [0, 0.05) is 12.3 Å². The quantitative estimate of drug-likeness (QED) is 0.516. The van der Waals surface area contributed by atoms with Crippen molar-refractivity contribution in [2.75, 3.05) is 6.61 Å². The maximum atomic E-state index is 11.6. The van der Waals surface area contributed by atoms with Crippen LogP contribution in [0.1, 0.15) is 21.6 Å². The minimum Gasteiger partial charge on any atom is -0.454 e. The van der Waals surface area contributed by atoms with Crippen LogP contribution in [0.25, 0.3) is 6.08 Å². The molecule has 0 aliphatic heterocycles. The number of ether oxygens (including phenoxy) is 1. The van der Waals surface area contributed by atoms with Gasteiger partial charge in [0.2, 0.25) is 5.78 Å². The third-order valence-electron chi connectivity index (χ3n) is 2.73. The number of hydrogen-bond donors (Lipinski definition) is 1. The van der Waals surface area contributed by atoms with Crippen molar-refractivity contribution in [3.63, 3.8) is 0 Å². The zero-order valence-corrected chi connectivity index (χ0v) is 11.1. The Kier molecular flexibility index (Phi) is 4.50. The van der Waals surface area contributed by atoms with Crippen molar-refractivity contribution < 1.29 is 14.3 Å². The van der Waals surface area contributed by atoms with Crippen LogP contribution in [0.5, 0.6) is 0 Å². The number of hydrogen-bond acceptors (Lipinski definition) is 3. The average Bonchev–Trinajstić information content (AvgIpc) is 2.98. The zero-order chi connectivity index (χ0) is 14.4. The molecule has 1 N–H and O–H groups in total. The number of carbonyl (C=O) groups is 2. The molecule has 4 heteroatoms. The van der Waals surface area contributed by atoms with E-state index in [1.165, 1.54) is 6.08 Å². The molecule has 0 radical (unpaired) electrons. The van der Waals surface area contributed by atoms with Crippen LogP contribution in [0.3, 0.4) is 0 Å². The Balaban J connectivity index is 1.83. The second kappa shape index (κ2) is 6.52. The first kappa shape index (κ1) is 13.8. The summed E-state index contributed by atoms with van der Waals surface area (Å²) < 4.78 is 4.88. The van der Waals surface area contributed by atoms with Crippen molar-refractivity contribution in [2.24, 2.45) is 0 Å². The Hall–Kier alpha value is -2.62. The van der Waals surface area contributed by atoms with Gasteiger partial charge in [0.05, 0.1) is 5.69 Å². The average molecular weight is 269 g/mol. The monoisotopic (exact) mass is 269 g/mol. The Morgan fingerprint density at radius 2 is 1.95 bits per heavy atom. The first-order chi connectivity index (χ1) is 9.65. The second-order valence-electron chi connectivity index (χ2n) is 4.36. The highest BCUT2D eigenvalue weighted by molar-refractivity contribution is 5.97. The maximum absolute atomic E-state index is 11.6. The normalized spacial score (nSPS) is 10.7. The fraction of sp³-hybridized carbons (Fsp3) is 0.125. The number of aromatic nitrogens is 1. The lowest BCUT2D eigenvalue weighted by Gasteiger charge is -2.00. The van der Waals surface area contributed by atoms with Crippen molar-refractivity contribution in [3.05, 3.63) is 65.5 Å². The number of carbonyl (C=O) groups excluding carboxylic acids is 2. The first-order valence-corrected chi connectivity index (χ1v) is 6.23. The van der Waals surface area contributed by atoms with Gasteiger partial charge in [-0.05, 0) is 30.7 Å². The van der Waals surface area contributed by atoms with E-state index >= 15 is 0 Å². The smallest absolute Gasteiger partial charge is 0.331 e. The highest BCUT2D eigenvalue weighted by Crippen LogP contribution is 2.05. The topological polar surface area (TPSA) is 59.2 Å². The number of esters is 1. The van der Waals surface area contributed by atoms with E-state index in [4.69, 9.17) is 4.74 Å². The van der Waals surface area contributed by atoms with Crippen LogP contribution in [-0.4, -0.2) is 23.3 Å². The molecule has 0 unspecified atom stereocenters. The fourth-order valence-corrected chi connectivity index (χ4v) is 1.61. The molecule has 0 saturated heterocycles. The van der Waals surface area contributed by atoms with Gasteiger partial charge in [-0.2, -0.15) is 0 Å². The molecule has 0 spiro atoms. The number of benzene rings is 1. The van der Waals surface area contributed by atoms with Crippen LogP contribution >= 0.6 is 0 Å². The summed E-state index contributed by atoms with van der Waals surface area (Å²) in [6.07, 6.45) is 4.61. The van der Waals surface area contributed by atoms with Gasteiger partial charge in [-0.25, -0.2) is 4.79 Å². The molecule has 102 valence electrons. The molecule has 4 nitrogen and oxygen atoms in total. The molecule has 2 rings (SSSR count). The fourth-order valence-electron chi connectivity index (χ4n) is 1.61. The number of ketones is 1. The molecule has 0 amide bonds. The van der Waals surface area contributed by atoms with Crippen LogP contribution < -0.4 is 0 Å². The number of aryl methyl sites for hydroxylation is 1. The van der Waals surface area contributed by atoms with E-state index in [1.54, 1.807) is 24.4 Å². The van der Waals surface area contributed by atoms with Crippen LogP contribution in [0.2, 0.25) is 0 Å². The first-order valence-electron chi connectivity index (χ1n) is 6.23. The molecule has 1 heterocycles. The maximum Gasteiger partial charge on any atom is 0.331 e. The van der Waals surface area contributed by atoms with Crippen LogP contribution in [0, 0.1) is 6.92 Å². The van der Waals surface area contributed by atoms with Crippen molar-refractivity contribution in [1.82, 2.24) is 4.98 Å². The van der Waals surface area contributed by atoms with Gasteiger partial charge >= 0.3 is 5.97 Å². The van der Waals surface area contributed by atoms with E-state index < -0.39 is 5.97 Å². The van der Waals surface area contributed by atoms with Crippen molar-refractivity contribution in [2.45, 2.75) is 6.92 Å². The molecule has 1 aromatic carbocycles. The Morgan fingerprint density at radius 3 is 2.60 bits per heavy atom. The van der Waals surface area contributed by atoms with Crippen molar-refractivity contribution in [1.29, 1.82) is 0 Å². The molecular weight excluding hydrogens is 254 g/mol. The highest BCUT2D eigenvalue weighted by atomic mass is 16.5. The summed E-state index contributed by atoms with van der Waals surface area (Å²) in [6.45, 7) is 1.73. The van der Waals surface area contributed by atoms with E-state index in [-0.39, 0.29) is 12.4 Å². The molecule has 0 atom stereocenters. The molecule has 0 aliphatic carbocycles. The Bertz CT molecular complexity index is 610. The van der Waals surface area contributed by atoms with E-state index in [1.807, 2.05) is 31.2 Å². The standard InChI is InChI=1S/C16H15NO3/c1-12-4-6-13(7-5-12)8-9-16(19)20-11-15(18)14-3-2-10-17-14/h2-10,17H,11H2,1H3/b9-8+. The lowest BCUT2D eigenvalue weighted by atomic mass is 10.1. The van der Waals surface area contributed by atoms with Gasteiger partial charge in [-0.15, -0.1) is 0 Å². The van der Waals surface area contributed by atoms with Gasteiger partial charge in [-0.3, -0.25) is 4.79 Å². The van der Waals surface area contributed by atoms with E-state index in [9.17, 15) is 9.59 Å². The molecule has 1 aromatic heterocycles. The van der Waals surface area contributed by atoms with Crippen LogP contribution in [-0.2, 0) is 9.53 Å². The minimum atomic E-state index is -0.537. The molecule has 2 aromatic rings. The Labute approximate surface area is 117 Å². The van der Waals surface area contributed by atoms with Gasteiger partial charge in [0.15, 0.2) is 6.61 Å². The number of Topliss-reactive ketones (excluding diaryl/α,β-unsaturated/α-hetero) is 1. The molecule has 0 saturated carbocycles.